The Morgan fingerprint density at radius 3 is 2.75 bits per heavy atom. The van der Waals surface area contributed by atoms with Crippen molar-refractivity contribution in [3.05, 3.63) is 39.4 Å². The minimum atomic E-state index is -0.441. The Hall–Kier alpha value is -1.91. The molecule has 0 saturated heterocycles. The Bertz CT molecular complexity index is 570. The fraction of sp³-hybridized carbons (Fsp3) is 0.533. The molecule has 5 heteroatoms. The van der Waals surface area contributed by atoms with Gasteiger partial charge >= 0.3 is 0 Å². The third-order valence-electron chi connectivity index (χ3n) is 4.80. The number of nitrogens with one attached hydrogen (secondary N) is 1. The summed E-state index contributed by atoms with van der Waals surface area (Å²) in [5, 5.41) is 14.0. The number of amides is 1. The van der Waals surface area contributed by atoms with Crippen molar-refractivity contribution in [1.29, 1.82) is 0 Å². The first kappa shape index (κ1) is 13.1. The van der Waals surface area contributed by atoms with Gasteiger partial charge < -0.3 is 5.32 Å². The number of carbonyl (C=O) groups excluding carboxylic acids is 1. The molecule has 0 aromatic heterocycles. The first-order valence-corrected chi connectivity index (χ1v) is 7.11. The summed E-state index contributed by atoms with van der Waals surface area (Å²) in [4.78, 5) is 22.8. The summed E-state index contributed by atoms with van der Waals surface area (Å²) in [7, 11) is 0. The van der Waals surface area contributed by atoms with Crippen LogP contribution in [-0.2, 0) is 0 Å². The van der Waals surface area contributed by atoms with Crippen molar-refractivity contribution in [2.45, 2.75) is 38.6 Å². The molecule has 0 spiro atoms. The predicted molar refractivity (Wildman–Crippen MR) is 74.5 cm³/mol. The molecule has 0 heterocycles. The second-order valence-corrected chi connectivity index (χ2v) is 5.96. The molecule has 5 nitrogen and oxygen atoms in total. The molecule has 2 aliphatic carbocycles. The van der Waals surface area contributed by atoms with Crippen LogP contribution < -0.4 is 5.32 Å². The highest BCUT2D eigenvalue weighted by molar-refractivity contribution is 5.96. The third-order valence-corrected chi connectivity index (χ3v) is 4.80. The van der Waals surface area contributed by atoms with Gasteiger partial charge in [-0.05, 0) is 44.1 Å². The molecule has 3 atom stereocenters. The fourth-order valence-electron chi connectivity index (χ4n) is 3.73. The van der Waals surface area contributed by atoms with Gasteiger partial charge in [0.2, 0.25) is 0 Å². The Labute approximate surface area is 117 Å². The lowest BCUT2D eigenvalue weighted by Gasteiger charge is -2.23. The SMILES string of the molecule is Cc1c(C(=O)NC2CC3CCC2C3)cccc1[N+](=O)[O-]. The van der Waals surface area contributed by atoms with Crippen molar-refractivity contribution < 1.29 is 9.72 Å². The van der Waals surface area contributed by atoms with E-state index in [2.05, 4.69) is 5.32 Å². The lowest BCUT2D eigenvalue weighted by molar-refractivity contribution is -0.385. The molecule has 3 unspecified atom stereocenters. The highest BCUT2D eigenvalue weighted by atomic mass is 16.6. The quantitative estimate of drug-likeness (QED) is 0.680. The number of rotatable bonds is 3. The molecule has 2 saturated carbocycles. The number of nitro benzene ring substituents is 1. The van der Waals surface area contributed by atoms with Crippen LogP contribution in [0.1, 0.15) is 41.6 Å². The van der Waals surface area contributed by atoms with E-state index in [1.807, 2.05) is 0 Å². The predicted octanol–water partition coefficient (Wildman–Crippen LogP) is 2.82. The van der Waals surface area contributed by atoms with Crippen LogP contribution in [0.2, 0.25) is 0 Å². The Morgan fingerprint density at radius 2 is 2.15 bits per heavy atom. The molecule has 1 amide bonds. The minimum absolute atomic E-state index is 0.00518. The average Bonchev–Trinajstić information content (AvgIpc) is 3.00. The summed E-state index contributed by atoms with van der Waals surface area (Å²) in [6.45, 7) is 1.63. The van der Waals surface area contributed by atoms with Gasteiger partial charge in [-0.3, -0.25) is 14.9 Å². The molecule has 3 rings (SSSR count). The number of hydrogen-bond acceptors (Lipinski definition) is 3. The van der Waals surface area contributed by atoms with E-state index < -0.39 is 4.92 Å². The number of benzene rings is 1. The summed E-state index contributed by atoms with van der Waals surface area (Å²) in [5.41, 5.74) is 0.866. The maximum absolute atomic E-state index is 12.3. The molecule has 20 heavy (non-hydrogen) atoms. The van der Waals surface area contributed by atoms with Crippen molar-refractivity contribution in [3.63, 3.8) is 0 Å². The second-order valence-electron chi connectivity index (χ2n) is 5.96. The zero-order valence-corrected chi connectivity index (χ0v) is 11.5. The highest BCUT2D eigenvalue weighted by Gasteiger charge is 2.40. The van der Waals surface area contributed by atoms with E-state index in [0.29, 0.717) is 17.0 Å². The summed E-state index contributed by atoms with van der Waals surface area (Å²) < 4.78 is 0. The van der Waals surface area contributed by atoms with Crippen molar-refractivity contribution in [2.24, 2.45) is 11.8 Å². The van der Waals surface area contributed by atoms with E-state index in [1.165, 1.54) is 25.3 Å². The average molecular weight is 274 g/mol. The summed E-state index contributed by atoms with van der Waals surface area (Å²) >= 11 is 0. The monoisotopic (exact) mass is 274 g/mol. The van der Waals surface area contributed by atoms with Crippen LogP contribution in [0.15, 0.2) is 18.2 Å². The smallest absolute Gasteiger partial charge is 0.273 e. The molecule has 1 N–H and O–H groups in total. The van der Waals surface area contributed by atoms with E-state index in [1.54, 1.807) is 19.1 Å². The topological polar surface area (TPSA) is 72.2 Å². The van der Waals surface area contributed by atoms with E-state index in [0.717, 1.165) is 12.3 Å². The van der Waals surface area contributed by atoms with Crippen molar-refractivity contribution in [1.82, 2.24) is 5.32 Å². The van der Waals surface area contributed by atoms with Crippen molar-refractivity contribution in [3.8, 4) is 0 Å². The Kier molecular flexibility index (Phi) is 3.20. The van der Waals surface area contributed by atoms with E-state index in [-0.39, 0.29) is 17.6 Å². The summed E-state index contributed by atoms with van der Waals surface area (Å²) in [5.74, 6) is 1.18. The van der Waals surface area contributed by atoms with E-state index in [9.17, 15) is 14.9 Å². The van der Waals surface area contributed by atoms with Crippen LogP contribution in [0.3, 0.4) is 0 Å². The molecule has 1 aromatic rings. The summed E-state index contributed by atoms with van der Waals surface area (Å²) in [6.07, 6.45) is 4.76. The highest BCUT2D eigenvalue weighted by Crippen LogP contribution is 2.44. The number of nitro groups is 1. The molecular weight excluding hydrogens is 256 g/mol. The van der Waals surface area contributed by atoms with Gasteiger partial charge in [0, 0.05) is 23.2 Å². The van der Waals surface area contributed by atoms with Gasteiger partial charge in [0.25, 0.3) is 11.6 Å². The molecule has 2 bridgehead atoms. The lowest BCUT2D eigenvalue weighted by atomic mass is 9.95. The third kappa shape index (κ3) is 2.17. The number of hydrogen-bond donors (Lipinski definition) is 1. The number of nitrogens with zero attached hydrogens (tertiary/aromatic N) is 1. The van der Waals surface area contributed by atoms with Crippen LogP contribution in [0, 0.1) is 28.9 Å². The molecule has 1 aromatic carbocycles. The van der Waals surface area contributed by atoms with E-state index in [4.69, 9.17) is 0 Å². The normalized spacial score (nSPS) is 27.6. The van der Waals surface area contributed by atoms with Gasteiger partial charge in [-0.25, -0.2) is 0 Å². The number of fused-ring (bicyclic) bond motifs is 2. The molecule has 0 aliphatic heterocycles. The summed E-state index contributed by atoms with van der Waals surface area (Å²) in [6, 6.07) is 4.91. The van der Waals surface area contributed by atoms with Crippen LogP contribution in [0.5, 0.6) is 0 Å². The minimum Gasteiger partial charge on any atom is -0.349 e. The van der Waals surface area contributed by atoms with Crippen LogP contribution >= 0.6 is 0 Å². The number of carbonyl (C=O) groups is 1. The van der Waals surface area contributed by atoms with Gasteiger partial charge in [-0.15, -0.1) is 0 Å². The first-order chi connectivity index (χ1) is 9.56. The molecule has 2 fully saturated rings. The maximum Gasteiger partial charge on any atom is 0.273 e. The molecule has 0 radical (unpaired) electrons. The Morgan fingerprint density at radius 1 is 1.35 bits per heavy atom. The standard InChI is InChI=1S/C15H18N2O3/c1-9-12(3-2-4-14(9)17(19)20)15(18)16-13-8-10-5-6-11(13)7-10/h2-4,10-11,13H,5-8H2,1H3,(H,16,18). The Balaban J connectivity index is 1.77. The molecule has 2 aliphatic rings. The largest absolute Gasteiger partial charge is 0.349 e. The lowest BCUT2D eigenvalue weighted by Crippen LogP contribution is -2.38. The fourth-order valence-corrected chi connectivity index (χ4v) is 3.73. The maximum atomic E-state index is 12.3. The van der Waals surface area contributed by atoms with Crippen molar-refractivity contribution in [2.75, 3.05) is 0 Å². The van der Waals surface area contributed by atoms with Gasteiger partial charge in [0.15, 0.2) is 0 Å². The van der Waals surface area contributed by atoms with Gasteiger partial charge in [-0.2, -0.15) is 0 Å². The zero-order chi connectivity index (χ0) is 14.3. The second kappa shape index (κ2) is 4.89. The van der Waals surface area contributed by atoms with Crippen LogP contribution in [-0.4, -0.2) is 16.9 Å². The van der Waals surface area contributed by atoms with Gasteiger partial charge in [0.05, 0.1) is 4.92 Å². The van der Waals surface area contributed by atoms with Gasteiger partial charge in [0.1, 0.15) is 0 Å². The van der Waals surface area contributed by atoms with Crippen molar-refractivity contribution >= 4 is 11.6 Å². The zero-order valence-electron chi connectivity index (χ0n) is 11.5. The molecule has 106 valence electrons. The first-order valence-electron chi connectivity index (χ1n) is 7.11. The molecular formula is C15H18N2O3. The van der Waals surface area contributed by atoms with Gasteiger partial charge in [-0.1, -0.05) is 12.5 Å². The van der Waals surface area contributed by atoms with Crippen LogP contribution in [0.4, 0.5) is 5.69 Å². The van der Waals surface area contributed by atoms with Crippen LogP contribution in [0.25, 0.3) is 0 Å². The van der Waals surface area contributed by atoms with E-state index >= 15 is 0 Å².